The molecule has 2 atom stereocenters. The van der Waals surface area contributed by atoms with Gasteiger partial charge in [-0.15, -0.1) is 0 Å². The highest BCUT2D eigenvalue weighted by Crippen LogP contribution is 2.38. The van der Waals surface area contributed by atoms with E-state index in [0.29, 0.717) is 23.6 Å². The molecule has 2 aromatic carbocycles. The lowest BCUT2D eigenvalue weighted by molar-refractivity contribution is -0.137. The maximum absolute atomic E-state index is 12.3. The van der Waals surface area contributed by atoms with E-state index in [9.17, 15) is 13.6 Å². The zero-order valence-electron chi connectivity index (χ0n) is 15.9. The van der Waals surface area contributed by atoms with E-state index in [-0.39, 0.29) is 12.6 Å². The molecule has 0 fully saturated rings. The number of aliphatic carboxylic acids is 1. The summed E-state index contributed by atoms with van der Waals surface area (Å²) in [6.45, 7) is -0.222. The van der Waals surface area contributed by atoms with Crippen LogP contribution in [0.25, 0.3) is 11.1 Å². The molecule has 0 saturated carbocycles. The molecule has 3 aromatic rings. The monoisotopic (exact) mass is 445 g/mol. The van der Waals surface area contributed by atoms with Crippen LogP contribution in [0.5, 0.6) is 0 Å². The number of anilines is 1. The van der Waals surface area contributed by atoms with Gasteiger partial charge in [-0.05, 0) is 54.7 Å². The van der Waals surface area contributed by atoms with Crippen LogP contribution in [0.4, 0.5) is 5.69 Å². The molecule has 0 saturated heterocycles. The Hall–Kier alpha value is -2.68. The van der Waals surface area contributed by atoms with E-state index < -0.39 is 17.2 Å². The van der Waals surface area contributed by atoms with Crippen LogP contribution >= 0.6 is 11.6 Å². The number of halogens is 1. The predicted molar refractivity (Wildman–Crippen MR) is 116 cm³/mol. The van der Waals surface area contributed by atoms with Gasteiger partial charge in [0, 0.05) is 16.3 Å². The minimum Gasteiger partial charge on any atom is -0.480 e. The second-order valence-electron chi connectivity index (χ2n) is 7.12. The van der Waals surface area contributed by atoms with Crippen LogP contribution in [-0.4, -0.2) is 29.6 Å². The molecule has 30 heavy (non-hydrogen) atoms. The normalized spacial score (nSPS) is 16.7. The Morgan fingerprint density at radius 3 is 2.40 bits per heavy atom. The zero-order valence-corrected chi connectivity index (χ0v) is 17.5. The largest absolute Gasteiger partial charge is 0.480 e. The fourth-order valence-corrected chi connectivity index (χ4v) is 4.79. The van der Waals surface area contributed by atoms with E-state index in [1.807, 2.05) is 48.5 Å². The molecule has 0 radical (unpaired) electrons. The van der Waals surface area contributed by atoms with Crippen molar-refractivity contribution in [2.45, 2.75) is 31.8 Å². The van der Waals surface area contributed by atoms with Gasteiger partial charge in [0.05, 0.1) is 17.9 Å². The lowest BCUT2D eigenvalue weighted by Gasteiger charge is -2.33. The van der Waals surface area contributed by atoms with Crippen LogP contribution in [0.1, 0.15) is 30.1 Å². The molecule has 1 heterocycles. The molecule has 2 N–H and O–H groups in total. The van der Waals surface area contributed by atoms with Gasteiger partial charge >= 0.3 is 5.97 Å². The molecule has 0 spiro atoms. The zero-order chi connectivity index (χ0) is 21.3. The van der Waals surface area contributed by atoms with Crippen LogP contribution in [-0.2, 0) is 29.0 Å². The van der Waals surface area contributed by atoms with E-state index in [1.165, 1.54) is 8.99 Å². The van der Waals surface area contributed by atoms with Gasteiger partial charge in [0.25, 0.3) is 11.3 Å². The molecule has 1 aliphatic rings. The van der Waals surface area contributed by atoms with Gasteiger partial charge in [-0.3, -0.25) is 18.3 Å². The number of carboxylic acid groups (broad SMARTS) is 1. The lowest BCUT2D eigenvalue weighted by Crippen LogP contribution is -2.33. The molecule has 7 nitrogen and oxygen atoms in total. The molecule has 1 aromatic heterocycles. The summed E-state index contributed by atoms with van der Waals surface area (Å²) in [6.07, 6.45) is 3.76. The van der Waals surface area contributed by atoms with E-state index >= 15 is 0 Å². The van der Waals surface area contributed by atoms with Crippen LogP contribution < -0.4 is 4.31 Å². The van der Waals surface area contributed by atoms with Crippen LogP contribution in [0.15, 0.2) is 54.7 Å². The third kappa shape index (κ3) is 4.12. The second-order valence-corrected chi connectivity index (χ2v) is 8.41. The number of aromatic nitrogens is 2. The van der Waals surface area contributed by atoms with Crippen molar-refractivity contribution < 1.29 is 18.7 Å². The van der Waals surface area contributed by atoms with Crippen molar-refractivity contribution in [1.82, 2.24) is 9.78 Å². The summed E-state index contributed by atoms with van der Waals surface area (Å²) < 4.78 is 25.3. The van der Waals surface area contributed by atoms with Crippen molar-refractivity contribution in [3.63, 3.8) is 0 Å². The number of hydrogen-bond donors (Lipinski definition) is 2. The fraction of sp³-hybridized carbons (Fsp3) is 0.238. The SMILES string of the molecule is O=C(O)Cn1ncc2c1CCCC2N(c1ccc(-c2ccc(Cl)cc2)cc1)S(=O)O. The summed E-state index contributed by atoms with van der Waals surface area (Å²) in [5.74, 6) is -0.969. The Kier molecular flexibility index (Phi) is 5.90. The van der Waals surface area contributed by atoms with Gasteiger partial charge < -0.3 is 5.11 Å². The van der Waals surface area contributed by atoms with E-state index in [0.717, 1.165) is 28.8 Å². The van der Waals surface area contributed by atoms with Crippen molar-refractivity contribution in [2.24, 2.45) is 0 Å². The van der Waals surface area contributed by atoms with Gasteiger partial charge in [0.2, 0.25) is 0 Å². The van der Waals surface area contributed by atoms with Gasteiger partial charge in [0.1, 0.15) is 6.54 Å². The number of rotatable bonds is 6. The minimum atomic E-state index is -2.25. The van der Waals surface area contributed by atoms with Crippen molar-refractivity contribution in [3.8, 4) is 11.1 Å². The molecule has 0 amide bonds. The molecule has 4 rings (SSSR count). The molecule has 2 unspecified atom stereocenters. The Morgan fingerprint density at radius 1 is 1.17 bits per heavy atom. The first-order valence-corrected chi connectivity index (χ1v) is 10.9. The first kappa shape index (κ1) is 20.6. The summed E-state index contributed by atoms with van der Waals surface area (Å²) in [5, 5.41) is 14.0. The predicted octanol–water partition coefficient (Wildman–Crippen LogP) is 4.31. The molecule has 156 valence electrons. The molecular formula is C21H20ClN3O4S. The lowest BCUT2D eigenvalue weighted by atomic mass is 9.92. The summed E-state index contributed by atoms with van der Waals surface area (Å²) in [5.41, 5.74) is 4.18. The fourth-order valence-electron chi connectivity index (χ4n) is 3.93. The number of fused-ring (bicyclic) bond motifs is 1. The molecule has 1 aliphatic carbocycles. The Bertz CT molecular complexity index is 1080. The number of hydrogen-bond acceptors (Lipinski definition) is 3. The van der Waals surface area contributed by atoms with Crippen molar-refractivity contribution in [2.75, 3.05) is 4.31 Å². The van der Waals surface area contributed by atoms with Crippen LogP contribution in [0, 0.1) is 0 Å². The smallest absolute Gasteiger partial charge is 0.325 e. The average molecular weight is 446 g/mol. The Labute approximate surface area is 181 Å². The first-order chi connectivity index (χ1) is 14.4. The number of benzene rings is 2. The third-order valence-corrected chi connectivity index (χ3v) is 6.32. The van der Waals surface area contributed by atoms with Gasteiger partial charge in [-0.25, -0.2) is 4.21 Å². The molecule has 9 heteroatoms. The minimum absolute atomic E-state index is 0.222. The van der Waals surface area contributed by atoms with Gasteiger partial charge in [0.15, 0.2) is 0 Å². The third-order valence-electron chi connectivity index (χ3n) is 5.27. The van der Waals surface area contributed by atoms with Crippen LogP contribution in [0.3, 0.4) is 0 Å². The molecule has 0 bridgehead atoms. The maximum Gasteiger partial charge on any atom is 0.325 e. The maximum atomic E-state index is 12.3. The topological polar surface area (TPSA) is 95.7 Å². The second kappa shape index (κ2) is 8.59. The standard InChI is InChI=1S/C21H20ClN3O4S/c22-16-8-4-14(5-9-16)15-6-10-17(11-7-15)25(30(28)29)20-3-1-2-19-18(20)12-23-24(19)13-21(26)27/h4-12,20H,1-3,13H2,(H,26,27)(H,28,29). The summed E-state index contributed by atoms with van der Waals surface area (Å²) >= 11 is 3.70. The van der Waals surface area contributed by atoms with Gasteiger partial charge in [-0.2, -0.15) is 5.10 Å². The number of nitrogens with zero attached hydrogens (tertiary/aromatic N) is 3. The highest BCUT2D eigenvalue weighted by atomic mass is 35.5. The average Bonchev–Trinajstić information content (AvgIpc) is 3.12. The van der Waals surface area contributed by atoms with E-state index in [4.69, 9.17) is 16.7 Å². The first-order valence-electron chi connectivity index (χ1n) is 9.46. The van der Waals surface area contributed by atoms with Crippen molar-refractivity contribution in [1.29, 1.82) is 0 Å². The quantitative estimate of drug-likeness (QED) is 0.551. The Morgan fingerprint density at radius 2 is 1.80 bits per heavy atom. The highest BCUT2D eigenvalue weighted by molar-refractivity contribution is 7.80. The van der Waals surface area contributed by atoms with Crippen molar-refractivity contribution >= 4 is 34.5 Å². The highest BCUT2D eigenvalue weighted by Gasteiger charge is 2.32. The molecule has 0 aliphatic heterocycles. The number of carboxylic acids is 1. The summed E-state index contributed by atoms with van der Waals surface area (Å²) in [7, 11) is 0. The van der Waals surface area contributed by atoms with Gasteiger partial charge in [-0.1, -0.05) is 35.9 Å². The molecular weight excluding hydrogens is 426 g/mol. The summed E-state index contributed by atoms with van der Waals surface area (Å²) in [4.78, 5) is 11.1. The van der Waals surface area contributed by atoms with Crippen LogP contribution in [0.2, 0.25) is 5.02 Å². The Balaban J connectivity index is 1.66. The van der Waals surface area contributed by atoms with E-state index in [2.05, 4.69) is 5.10 Å². The van der Waals surface area contributed by atoms with Crippen molar-refractivity contribution in [3.05, 3.63) is 71.0 Å². The summed E-state index contributed by atoms with van der Waals surface area (Å²) in [6, 6.07) is 14.5. The van der Waals surface area contributed by atoms with E-state index in [1.54, 1.807) is 6.20 Å². The number of carbonyl (C=O) groups is 1.